The zero-order valence-electron chi connectivity index (χ0n) is 19.8. The van der Waals surface area contributed by atoms with Crippen LogP contribution in [0.5, 0.6) is 17.2 Å². The number of pyridine rings is 1. The zero-order chi connectivity index (χ0) is 23.7. The molecule has 3 aromatic rings. The van der Waals surface area contributed by atoms with Gasteiger partial charge >= 0.3 is 0 Å². The third kappa shape index (κ3) is 4.74. The summed E-state index contributed by atoms with van der Waals surface area (Å²) >= 11 is 1.54. The van der Waals surface area contributed by atoms with Crippen LogP contribution in [0, 0.1) is 0 Å². The van der Waals surface area contributed by atoms with Gasteiger partial charge in [0.15, 0.2) is 11.5 Å². The van der Waals surface area contributed by atoms with Gasteiger partial charge in [-0.3, -0.25) is 9.69 Å². The van der Waals surface area contributed by atoms with Crippen molar-refractivity contribution in [1.82, 2.24) is 9.88 Å². The molecule has 1 N–H and O–H groups in total. The van der Waals surface area contributed by atoms with E-state index in [4.69, 9.17) is 9.47 Å². The van der Waals surface area contributed by atoms with Crippen LogP contribution in [0.2, 0.25) is 0 Å². The Morgan fingerprint density at radius 3 is 2.88 bits per heavy atom. The van der Waals surface area contributed by atoms with Crippen LogP contribution in [0.4, 0.5) is 11.5 Å². The first-order valence-corrected chi connectivity index (χ1v) is 12.5. The molecule has 0 aliphatic carbocycles. The molecule has 0 unspecified atom stereocenters. The molecule has 1 atom stereocenters. The molecule has 4 heterocycles. The number of benzene rings is 1. The number of hydrogen-bond acceptors (Lipinski definition) is 7. The molecule has 2 aromatic heterocycles. The molecule has 178 valence electrons. The standard InChI is InChI=1S/C26H30N4O3S/c1-17-5-4-11-30(17)16-20-6-7-24(34-20)26(31)28-25-14-19(8-10-27-25)33-23-13-18-9-12-29(2)21(18)15-22(23)32-3/h6-8,10,13-15,17H,4-5,9,11-12,16H2,1-3H3,(H,27,28,31)/t17-/m0/s1. The molecule has 0 radical (unpaired) electrons. The molecular formula is C26H30N4O3S. The molecule has 2 aliphatic heterocycles. The second-order valence-corrected chi connectivity index (χ2v) is 10.1. The summed E-state index contributed by atoms with van der Waals surface area (Å²) in [6.45, 7) is 5.28. The monoisotopic (exact) mass is 478 g/mol. The van der Waals surface area contributed by atoms with Crippen molar-refractivity contribution in [2.45, 2.75) is 38.8 Å². The van der Waals surface area contributed by atoms with Crippen molar-refractivity contribution in [1.29, 1.82) is 0 Å². The Bertz CT molecular complexity index is 1190. The first-order valence-electron chi connectivity index (χ1n) is 11.7. The van der Waals surface area contributed by atoms with E-state index in [1.807, 2.05) is 18.2 Å². The largest absolute Gasteiger partial charge is 0.493 e. The molecule has 8 heteroatoms. The molecule has 5 rings (SSSR count). The summed E-state index contributed by atoms with van der Waals surface area (Å²) in [6, 6.07) is 12.1. The Hall–Kier alpha value is -3.10. The third-order valence-electron chi connectivity index (χ3n) is 6.63. The smallest absolute Gasteiger partial charge is 0.266 e. The number of hydrogen-bond donors (Lipinski definition) is 1. The predicted octanol–water partition coefficient (Wildman–Crippen LogP) is 5.17. The molecular weight excluding hydrogens is 448 g/mol. The Morgan fingerprint density at radius 1 is 1.21 bits per heavy atom. The molecule has 1 saturated heterocycles. The Labute approximate surface area is 204 Å². The van der Waals surface area contributed by atoms with E-state index in [0.717, 1.165) is 26.1 Å². The second-order valence-electron chi connectivity index (χ2n) is 8.96. The number of rotatable bonds is 7. The van der Waals surface area contributed by atoms with E-state index >= 15 is 0 Å². The number of thiophene rings is 1. The van der Waals surface area contributed by atoms with Crippen molar-refractivity contribution in [3.05, 3.63) is 57.9 Å². The van der Waals surface area contributed by atoms with Crippen LogP contribution >= 0.6 is 11.3 Å². The Balaban J connectivity index is 1.27. The number of aromatic nitrogens is 1. The Kier molecular flexibility index (Phi) is 6.43. The van der Waals surface area contributed by atoms with E-state index in [1.165, 1.54) is 40.3 Å². The van der Waals surface area contributed by atoms with Crippen LogP contribution in [-0.4, -0.2) is 49.1 Å². The molecule has 0 bridgehead atoms. The number of ether oxygens (including phenoxy) is 2. The maximum absolute atomic E-state index is 12.8. The number of likely N-dealkylation sites (N-methyl/N-ethyl adjacent to an activating group) is 1. The van der Waals surface area contributed by atoms with Gasteiger partial charge in [0.25, 0.3) is 5.91 Å². The van der Waals surface area contributed by atoms with Gasteiger partial charge in [0.05, 0.1) is 12.0 Å². The average molecular weight is 479 g/mol. The summed E-state index contributed by atoms with van der Waals surface area (Å²) in [6.07, 6.45) is 5.10. The van der Waals surface area contributed by atoms with E-state index in [-0.39, 0.29) is 5.91 Å². The SMILES string of the molecule is COc1cc2c(cc1Oc1ccnc(NC(=O)c3ccc(CN4CCC[C@@H]4C)s3)c1)CCN2C. The number of nitrogens with zero attached hydrogens (tertiary/aromatic N) is 3. The highest BCUT2D eigenvalue weighted by Gasteiger charge is 2.22. The number of anilines is 2. The molecule has 1 fully saturated rings. The number of methoxy groups -OCH3 is 1. The van der Waals surface area contributed by atoms with Crippen LogP contribution in [0.3, 0.4) is 0 Å². The van der Waals surface area contributed by atoms with Crippen molar-refractivity contribution in [3.8, 4) is 17.2 Å². The summed E-state index contributed by atoms with van der Waals surface area (Å²) in [5, 5.41) is 2.91. The molecule has 1 amide bonds. The maximum atomic E-state index is 12.8. The van der Waals surface area contributed by atoms with Gasteiger partial charge in [-0.25, -0.2) is 4.98 Å². The van der Waals surface area contributed by atoms with Crippen molar-refractivity contribution in [2.24, 2.45) is 0 Å². The van der Waals surface area contributed by atoms with Crippen molar-refractivity contribution in [2.75, 3.05) is 37.5 Å². The molecule has 0 spiro atoms. The van der Waals surface area contributed by atoms with Crippen LogP contribution in [0.1, 0.15) is 39.9 Å². The van der Waals surface area contributed by atoms with Gasteiger partial charge in [-0.1, -0.05) is 0 Å². The van der Waals surface area contributed by atoms with Crippen molar-refractivity contribution in [3.63, 3.8) is 0 Å². The van der Waals surface area contributed by atoms with Crippen LogP contribution in [-0.2, 0) is 13.0 Å². The lowest BCUT2D eigenvalue weighted by molar-refractivity contribution is 0.103. The normalized spacial score (nSPS) is 17.6. The van der Waals surface area contributed by atoms with E-state index in [9.17, 15) is 4.79 Å². The number of fused-ring (bicyclic) bond motifs is 1. The third-order valence-corrected chi connectivity index (χ3v) is 7.70. The van der Waals surface area contributed by atoms with Crippen LogP contribution in [0.25, 0.3) is 0 Å². The summed E-state index contributed by atoms with van der Waals surface area (Å²) in [5.74, 6) is 2.20. The highest BCUT2D eigenvalue weighted by Crippen LogP contribution is 2.40. The molecule has 1 aromatic carbocycles. The molecule has 34 heavy (non-hydrogen) atoms. The van der Waals surface area contributed by atoms with Crippen LogP contribution < -0.4 is 19.7 Å². The predicted molar refractivity (Wildman–Crippen MR) is 136 cm³/mol. The first-order chi connectivity index (χ1) is 16.5. The van der Waals surface area contributed by atoms with Gasteiger partial charge in [-0.2, -0.15) is 0 Å². The first kappa shape index (κ1) is 22.7. The highest BCUT2D eigenvalue weighted by atomic mass is 32.1. The number of carbonyl (C=O) groups is 1. The van der Waals surface area contributed by atoms with E-state index in [0.29, 0.717) is 34.0 Å². The minimum atomic E-state index is -0.159. The van der Waals surface area contributed by atoms with Gasteiger partial charge in [0, 0.05) is 55.1 Å². The Morgan fingerprint density at radius 2 is 2.09 bits per heavy atom. The average Bonchev–Trinajstić information content (AvgIpc) is 3.55. The van der Waals surface area contributed by atoms with Gasteiger partial charge in [0.2, 0.25) is 0 Å². The lowest BCUT2D eigenvalue weighted by Gasteiger charge is -2.19. The van der Waals surface area contributed by atoms with E-state index in [1.54, 1.807) is 25.4 Å². The highest BCUT2D eigenvalue weighted by molar-refractivity contribution is 7.14. The van der Waals surface area contributed by atoms with Gasteiger partial charge in [-0.15, -0.1) is 11.3 Å². The fourth-order valence-corrected chi connectivity index (χ4v) is 5.58. The summed E-state index contributed by atoms with van der Waals surface area (Å²) in [7, 11) is 3.72. The van der Waals surface area contributed by atoms with Crippen molar-refractivity contribution >= 4 is 28.7 Å². The van der Waals surface area contributed by atoms with E-state index in [2.05, 4.69) is 40.1 Å². The summed E-state index contributed by atoms with van der Waals surface area (Å²) < 4.78 is 11.7. The summed E-state index contributed by atoms with van der Waals surface area (Å²) in [5.41, 5.74) is 2.40. The lowest BCUT2D eigenvalue weighted by Crippen LogP contribution is -2.25. The second kappa shape index (κ2) is 9.64. The fourth-order valence-electron chi connectivity index (χ4n) is 4.66. The lowest BCUT2D eigenvalue weighted by atomic mass is 10.1. The molecule has 0 saturated carbocycles. The van der Waals surface area contributed by atoms with E-state index < -0.39 is 0 Å². The number of amides is 1. The molecule has 2 aliphatic rings. The number of nitrogens with one attached hydrogen (secondary N) is 1. The number of carbonyl (C=O) groups excluding carboxylic acids is 1. The zero-order valence-corrected chi connectivity index (χ0v) is 20.7. The maximum Gasteiger partial charge on any atom is 0.266 e. The molecule has 7 nitrogen and oxygen atoms in total. The minimum absolute atomic E-state index is 0.159. The minimum Gasteiger partial charge on any atom is -0.493 e. The van der Waals surface area contributed by atoms with Gasteiger partial charge < -0.3 is 19.7 Å². The summed E-state index contributed by atoms with van der Waals surface area (Å²) in [4.78, 5) is 23.7. The topological polar surface area (TPSA) is 66.9 Å². The van der Waals surface area contributed by atoms with Gasteiger partial charge in [-0.05, 0) is 62.6 Å². The fraction of sp³-hybridized carbons (Fsp3) is 0.385. The van der Waals surface area contributed by atoms with Gasteiger partial charge in [0.1, 0.15) is 11.6 Å². The quantitative estimate of drug-likeness (QED) is 0.505. The van der Waals surface area contributed by atoms with Crippen LogP contribution in [0.15, 0.2) is 42.6 Å². The van der Waals surface area contributed by atoms with Crippen molar-refractivity contribution < 1.29 is 14.3 Å². The number of likely N-dealkylation sites (tertiary alicyclic amines) is 1.